The second kappa shape index (κ2) is 4.82. The van der Waals surface area contributed by atoms with E-state index in [4.69, 9.17) is 0 Å². The smallest absolute Gasteiger partial charge is 0.318 e. The van der Waals surface area contributed by atoms with E-state index in [1.807, 2.05) is 6.92 Å². The molecule has 0 unspecified atom stereocenters. The molecule has 0 aromatic heterocycles. The standard InChI is InChI=1S/C12H18N2O/c1-5-10-7-8(2)6-9(3)11(10)14-12(15)13-4/h6-7H,5H2,1-4H3,(H2,13,14,15). The van der Waals surface area contributed by atoms with Gasteiger partial charge in [0.1, 0.15) is 0 Å². The number of carbonyl (C=O) groups excluding carboxylic acids is 1. The molecule has 0 heterocycles. The molecular weight excluding hydrogens is 188 g/mol. The summed E-state index contributed by atoms with van der Waals surface area (Å²) in [5.41, 5.74) is 4.45. The summed E-state index contributed by atoms with van der Waals surface area (Å²) in [5, 5.41) is 5.41. The number of amides is 2. The molecule has 0 saturated heterocycles. The summed E-state index contributed by atoms with van der Waals surface area (Å²) >= 11 is 0. The summed E-state index contributed by atoms with van der Waals surface area (Å²) < 4.78 is 0. The summed E-state index contributed by atoms with van der Waals surface area (Å²) in [6, 6.07) is 4.01. The first kappa shape index (κ1) is 11.6. The van der Waals surface area contributed by atoms with Gasteiger partial charge >= 0.3 is 6.03 Å². The van der Waals surface area contributed by atoms with Crippen LogP contribution in [0.1, 0.15) is 23.6 Å². The van der Waals surface area contributed by atoms with Crippen LogP contribution in [-0.4, -0.2) is 13.1 Å². The molecule has 0 fully saturated rings. The molecule has 0 saturated carbocycles. The number of hydrogen-bond acceptors (Lipinski definition) is 1. The van der Waals surface area contributed by atoms with Crippen LogP contribution >= 0.6 is 0 Å². The molecule has 0 atom stereocenters. The fourth-order valence-corrected chi connectivity index (χ4v) is 1.69. The zero-order valence-electron chi connectivity index (χ0n) is 9.77. The molecule has 82 valence electrons. The second-order valence-corrected chi connectivity index (χ2v) is 3.67. The van der Waals surface area contributed by atoms with Crippen molar-refractivity contribution < 1.29 is 4.79 Å². The van der Waals surface area contributed by atoms with E-state index < -0.39 is 0 Å². The third-order valence-corrected chi connectivity index (χ3v) is 2.41. The lowest BCUT2D eigenvalue weighted by Gasteiger charge is -2.13. The number of benzene rings is 1. The van der Waals surface area contributed by atoms with Crippen molar-refractivity contribution in [2.45, 2.75) is 27.2 Å². The Labute approximate surface area is 90.9 Å². The number of nitrogens with one attached hydrogen (secondary N) is 2. The lowest BCUT2D eigenvalue weighted by atomic mass is 10.0. The largest absolute Gasteiger partial charge is 0.341 e. The van der Waals surface area contributed by atoms with E-state index in [-0.39, 0.29) is 6.03 Å². The first-order valence-corrected chi connectivity index (χ1v) is 5.17. The monoisotopic (exact) mass is 206 g/mol. The SMILES string of the molecule is CCc1cc(C)cc(C)c1NC(=O)NC. The Morgan fingerprint density at radius 1 is 1.33 bits per heavy atom. The number of anilines is 1. The van der Waals surface area contributed by atoms with Crippen molar-refractivity contribution >= 4 is 11.7 Å². The number of aryl methyl sites for hydroxylation is 3. The molecule has 0 aliphatic heterocycles. The van der Waals surface area contributed by atoms with Gasteiger partial charge in [-0.25, -0.2) is 4.79 Å². The molecule has 3 nitrogen and oxygen atoms in total. The van der Waals surface area contributed by atoms with Gasteiger partial charge in [-0.15, -0.1) is 0 Å². The number of carbonyl (C=O) groups is 1. The third-order valence-electron chi connectivity index (χ3n) is 2.41. The molecule has 15 heavy (non-hydrogen) atoms. The van der Waals surface area contributed by atoms with E-state index in [1.165, 1.54) is 11.1 Å². The number of hydrogen-bond donors (Lipinski definition) is 2. The van der Waals surface area contributed by atoms with Gasteiger partial charge in [-0.05, 0) is 31.4 Å². The highest BCUT2D eigenvalue weighted by molar-refractivity contribution is 5.90. The summed E-state index contributed by atoms with van der Waals surface area (Å²) in [4.78, 5) is 11.3. The van der Waals surface area contributed by atoms with E-state index in [1.54, 1.807) is 7.05 Å². The predicted octanol–water partition coefficient (Wildman–Crippen LogP) is 2.62. The molecule has 0 bridgehead atoms. The van der Waals surface area contributed by atoms with Crippen LogP contribution in [0.15, 0.2) is 12.1 Å². The number of urea groups is 1. The molecule has 1 aromatic rings. The molecule has 0 aliphatic carbocycles. The number of rotatable bonds is 2. The van der Waals surface area contributed by atoms with Gasteiger partial charge in [0, 0.05) is 12.7 Å². The van der Waals surface area contributed by atoms with Crippen LogP contribution in [0.5, 0.6) is 0 Å². The minimum absolute atomic E-state index is 0.170. The molecular formula is C12H18N2O. The van der Waals surface area contributed by atoms with Crippen LogP contribution in [0.4, 0.5) is 10.5 Å². The van der Waals surface area contributed by atoms with Crippen LogP contribution in [0.3, 0.4) is 0 Å². The summed E-state index contributed by atoms with van der Waals surface area (Å²) in [6.45, 7) is 6.16. The van der Waals surface area contributed by atoms with E-state index in [0.29, 0.717) is 0 Å². The average molecular weight is 206 g/mol. The van der Waals surface area contributed by atoms with Gasteiger partial charge in [0.25, 0.3) is 0 Å². The first-order chi connectivity index (χ1) is 7.08. The molecule has 2 N–H and O–H groups in total. The summed E-state index contributed by atoms with van der Waals surface area (Å²) in [5.74, 6) is 0. The Morgan fingerprint density at radius 3 is 2.53 bits per heavy atom. The van der Waals surface area contributed by atoms with Gasteiger partial charge in [-0.1, -0.05) is 24.6 Å². The molecule has 1 rings (SSSR count). The Morgan fingerprint density at radius 2 is 2.00 bits per heavy atom. The Balaban J connectivity index is 3.09. The van der Waals surface area contributed by atoms with Crippen molar-refractivity contribution in [3.8, 4) is 0 Å². The van der Waals surface area contributed by atoms with Crippen LogP contribution < -0.4 is 10.6 Å². The molecule has 0 radical (unpaired) electrons. The molecule has 3 heteroatoms. The van der Waals surface area contributed by atoms with Crippen molar-refractivity contribution in [1.82, 2.24) is 5.32 Å². The van der Waals surface area contributed by atoms with Gasteiger partial charge in [0.2, 0.25) is 0 Å². The molecule has 2 amide bonds. The third kappa shape index (κ3) is 2.72. The lowest BCUT2D eigenvalue weighted by Crippen LogP contribution is -2.25. The first-order valence-electron chi connectivity index (χ1n) is 5.17. The minimum Gasteiger partial charge on any atom is -0.341 e. The van der Waals surface area contributed by atoms with Crippen LogP contribution in [-0.2, 0) is 6.42 Å². The quantitative estimate of drug-likeness (QED) is 0.767. The summed E-state index contributed by atoms with van der Waals surface area (Å²) in [6.07, 6.45) is 0.918. The Kier molecular flexibility index (Phi) is 3.72. The topological polar surface area (TPSA) is 41.1 Å². The predicted molar refractivity (Wildman–Crippen MR) is 63.4 cm³/mol. The highest BCUT2D eigenvalue weighted by Gasteiger charge is 2.07. The maximum Gasteiger partial charge on any atom is 0.318 e. The molecule has 0 aliphatic rings. The van der Waals surface area contributed by atoms with Gasteiger partial charge in [0.05, 0.1) is 0 Å². The Bertz CT molecular complexity index is 372. The maximum atomic E-state index is 11.3. The van der Waals surface area contributed by atoms with Gasteiger partial charge in [-0.2, -0.15) is 0 Å². The van der Waals surface area contributed by atoms with Crippen molar-refractivity contribution in [3.05, 3.63) is 28.8 Å². The molecule has 1 aromatic carbocycles. The van der Waals surface area contributed by atoms with Gasteiger partial charge in [0.15, 0.2) is 0 Å². The highest BCUT2D eigenvalue weighted by atomic mass is 16.2. The highest BCUT2D eigenvalue weighted by Crippen LogP contribution is 2.23. The zero-order chi connectivity index (χ0) is 11.4. The van der Waals surface area contributed by atoms with Crippen molar-refractivity contribution in [3.63, 3.8) is 0 Å². The van der Waals surface area contributed by atoms with Crippen molar-refractivity contribution in [2.24, 2.45) is 0 Å². The van der Waals surface area contributed by atoms with Crippen molar-refractivity contribution in [2.75, 3.05) is 12.4 Å². The van der Waals surface area contributed by atoms with Crippen LogP contribution in [0.2, 0.25) is 0 Å². The van der Waals surface area contributed by atoms with E-state index >= 15 is 0 Å². The lowest BCUT2D eigenvalue weighted by molar-refractivity contribution is 0.254. The fourth-order valence-electron chi connectivity index (χ4n) is 1.69. The zero-order valence-corrected chi connectivity index (χ0v) is 9.77. The van der Waals surface area contributed by atoms with Crippen LogP contribution in [0, 0.1) is 13.8 Å². The normalized spacial score (nSPS) is 9.87. The maximum absolute atomic E-state index is 11.3. The van der Waals surface area contributed by atoms with Crippen molar-refractivity contribution in [1.29, 1.82) is 0 Å². The summed E-state index contributed by atoms with van der Waals surface area (Å²) in [7, 11) is 1.62. The Hall–Kier alpha value is -1.51. The second-order valence-electron chi connectivity index (χ2n) is 3.67. The van der Waals surface area contributed by atoms with E-state index in [2.05, 4.69) is 36.6 Å². The fraction of sp³-hybridized carbons (Fsp3) is 0.417. The molecule has 0 spiro atoms. The van der Waals surface area contributed by atoms with Crippen LogP contribution in [0.25, 0.3) is 0 Å². The minimum atomic E-state index is -0.170. The average Bonchev–Trinajstić information content (AvgIpc) is 2.21. The van der Waals surface area contributed by atoms with E-state index in [0.717, 1.165) is 17.7 Å². The van der Waals surface area contributed by atoms with E-state index in [9.17, 15) is 4.79 Å². The van der Waals surface area contributed by atoms with Gasteiger partial charge in [-0.3, -0.25) is 0 Å². The van der Waals surface area contributed by atoms with Gasteiger partial charge < -0.3 is 10.6 Å².